The predicted octanol–water partition coefficient (Wildman–Crippen LogP) is 6.10. The number of benzene rings is 2. The van der Waals surface area contributed by atoms with Crippen LogP contribution in [0.25, 0.3) is 0 Å². The lowest BCUT2D eigenvalue weighted by Crippen LogP contribution is -2.39. The number of hydrogen-bond donors (Lipinski definition) is 0. The normalized spacial score (nSPS) is 20.7. The number of rotatable bonds is 8. The van der Waals surface area contributed by atoms with E-state index >= 15 is 0 Å². The maximum Gasteiger partial charge on any atom is 0.404 e. The largest absolute Gasteiger partial charge is 0.497 e. The summed E-state index contributed by atoms with van der Waals surface area (Å²) >= 11 is 6.42. The van der Waals surface area contributed by atoms with Gasteiger partial charge in [0.25, 0.3) is 5.91 Å². The smallest absolute Gasteiger partial charge is 0.404 e. The summed E-state index contributed by atoms with van der Waals surface area (Å²) in [5.74, 6) is -2.24. The lowest BCUT2D eigenvalue weighted by Gasteiger charge is -2.35. The van der Waals surface area contributed by atoms with E-state index in [1.807, 2.05) is 12.1 Å². The number of hydrogen-bond acceptors (Lipinski definition) is 4. The van der Waals surface area contributed by atoms with Crippen LogP contribution in [0.15, 0.2) is 42.5 Å². The Labute approximate surface area is 239 Å². The number of nitrogens with zero attached hydrogens (tertiary/aromatic N) is 3. The SMILES string of the molecule is COc1cccc(C(C(=O)N(C)CCC2C(C)C23CCN(c2ccc(C(=O)N(C)C)c(Cl)c2)CC3)C(F)(F)F)c1. The number of anilines is 1. The molecule has 2 amide bonds. The first-order valence-corrected chi connectivity index (χ1v) is 13.9. The van der Waals surface area contributed by atoms with Crippen LogP contribution in [-0.2, 0) is 4.79 Å². The zero-order valence-electron chi connectivity index (χ0n) is 23.6. The van der Waals surface area contributed by atoms with Crippen LogP contribution in [0.4, 0.5) is 18.9 Å². The summed E-state index contributed by atoms with van der Waals surface area (Å²) < 4.78 is 47.0. The quantitative estimate of drug-likeness (QED) is 0.379. The molecule has 1 aliphatic heterocycles. The second-order valence-electron chi connectivity index (χ2n) is 11.3. The van der Waals surface area contributed by atoms with Crippen molar-refractivity contribution in [1.29, 1.82) is 0 Å². The fourth-order valence-electron chi connectivity index (χ4n) is 6.42. The Morgan fingerprint density at radius 3 is 2.38 bits per heavy atom. The van der Waals surface area contributed by atoms with Crippen LogP contribution in [-0.4, -0.2) is 75.7 Å². The first-order chi connectivity index (χ1) is 18.8. The summed E-state index contributed by atoms with van der Waals surface area (Å²) in [5.41, 5.74) is 1.46. The third kappa shape index (κ3) is 5.90. The number of ether oxygens (including phenoxy) is 1. The average Bonchev–Trinajstić information content (AvgIpc) is 3.45. The molecule has 0 N–H and O–H groups in total. The Kier molecular flexibility index (Phi) is 8.64. The number of carbonyl (C=O) groups excluding carboxylic acids is 2. The molecule has 3 atom stereocenters. The maximum absolute atomic E-state index is 14.0. The summed E-state index contributed by atoms with van der Waals surface area (Å²) in [6.45, 7) is 4.14. The van der Waals surface area contributed by atoms with E-state index in [9.17, 15) is 22.8 Å². The van der Waals surface area contributed by atoms with Crippen LogP contribution in [0.5, 0.6) is 5.75 Å². The van der Waals surface area contributed by atoms with Gasteiger partial charge in [-0.2, -0.15) is 13.2 Å². The van der Waals surface area contributed by atoms with Crippen molar-refractivity contribution in [3.8, 4) is 5.75 Å². The number of likely N-dealkylation sites (N-methyl/N-ethyl adjacent to an activating group) is 1. The molecule has 1 heterocycles. The Morgan fingerprint density at radius 2 is 1.80 bits per heavy atom. The van der Waals surface area contributed by atoms with Gasteiger partial charge < -0.3 is 19.4 Å². The molecule has 0 radical (unpaired) electrons. The minimum atomic E-state index is -4.71. The Bertz CT molecular complexity index is 1240. The van der Waals surface area contributed by atoms with E-state index in [1.54, 1.807) is 26.2 Å². The van der Waals surface area contributed by atoms with Crippen LogP contribution < -0.4 is 9.64 Å². The molecule has 1 saturated carbocycles. The number of piperidine rings is 1. The minimum Gasteiger partial charge on any atom is -0.497 e. The van der Waals surface area contributed by atoms with Gasteiger partial charge in [0, 0.05) is 46.5 Å². The molecule has 1 aliphatic carbocycles. The van der Waals surface area contributed by atoms with Crippen molar-refractivity contribution in [3.05, 3.63) is 58.6 Å². The molecule has 2 aromatic carbocycles. The van der Waals surface area contributed by atoms with E-state index in [1.165, 1.54) is 42.2 Å². The highest BCUT2D eigenvalue weighted by atomic mass is 35.5. The lowest BCUT2D eigenvalue weighted by molar-refractivity contribution is -0.171. The lowest BCUT2D eigenvalue weighted by atomic mass is 9.88. The molecule has 0 aromatic heterocycles. The second kappa shape index (κ2) is 11.5. The molecule has 2 aromatic rings. The zero-order chi connectivity index (χ0) is 29.4. The molecule has 4 rings (SSSR count). The van der Waals surface area contributed by atoms with E-state index in [0.717, 1.165) is 31.6 Å². The second-order valence-corrected chi connectivity index (χ2v) is 11.7. The molecular formula is C30H37ClF3N3O3. The molecular weight excluding hydrogens is 543 g/mol. The van der Waals surface area contributed by atoms with Gasteiger partial charge in [0.2, 0.25) is 5.91 Å². The van der Waals surface area contributed by atoms with Crippen molar-refractivity contribution in [2.24, 2.45) is 17.3 Å². The van der Waals surface area contributed by atoms with Gasteiger partial charge in [-0.05, 0) is 72.4 Å². The zero-order valence-corrected chi connectivity index (χ0v) is 24.4. The van der Waals surface area contributed by atoms with Crippen molar-refractivity contribution in [1.82, 2.24) is 9.80 Å². The Balaban J connectivity index is 1.35. The van der Waals surface area contributed by atoms with E-state index in [2.05, 4.69) is 11.8 Å². The van der Waals surface area contributed by atoms with Gasteiger partial charge in [-0.25, -0.2) is 0 Å². The topological polar surface area (TPSA) is 53.1 Å². The number of alkyl halides is 3. The third-order valence-corrected chi connectivity index (χ3v) is 9.25. The van der Waals surface area contributed by atoms with Crippen LogP contribution in [0, 0.1) is 17.3 Å². The minimum absolute atomic E-state index is 0.119. The Morgan fingerprint density at radius 1 is 1.12 bits per heavy atom. The maximum atomic E-state index is 14.0. The highest BCUT2D eigenvalue weighted by molar-refractivity contribution is 6.34. The molecule has 3 unspecified atom stereocenters. The molecule has 1 spiro atoms. The van der Waals surface area contributed by atoms with Gasteiger partial charge >= 0.3 is 6.18 Å². The summed E-state index contributed by atoms with van der Waals surface area (Å²) in [4.78, 5) is 30.3. The van der Waals surface area contributed by atoms with Gasteiger partial charge in [0.05, 0.1) is 17.7 Å². The molecule has 2 aliphatic rings. The standard InChI is InChI=1S/C30H37ClF3N3O3/c1-19-24(11-14-36(4)28(39)26(30(32,33)34)20-7-6-8-22(17-20)40-5)29(19)12-15-37(16-13-29)21-9-10-23(25(31)18-21)27(38)35(2)3/h6-10,17-19,24,26H,11-16H2,1-5H3. The van der Waals surface area contributed by atoms with Crippen molar-refractivity contribution in [3.63, 3.8) is 0 Å². The fourth-order valence-corrected chi connectivity index (χ4v) is 6.67. The van der Waals surface area contributed by atoms with Crippen molar-refractivity contribution >= 4 is 29.1 Å². The number of amides is 2. The summed E-state index contributed by atoms with van der Waals surface area (Å²) in [6.07, 6.45) is -2.12. The monoisotopic (exact) mass is 579 g/mol. The van der Waals surface area contributed by atoms with Crippen molar-refractivity contribution in [2.75, 3.05) is 52.8 Å². The van der Waals surface area contributed by atoms with E-state index in [0.29, 0.717) is 28.8 Å². The Hall–Kier alpha value is -2.94. The fraction of sp³-hybridized carbons (Fsp3) is 0.533. The van der Waals surface area contributed by atoms with Crippen molar-refractivity contribution < 1.29 is 27.5 Å². The van der Waals surface area contributed by atoms with Gasteiger partial charge in [-0.1, -0.05) is 30.7 Å². The first-order valence-electron chi connectivity index (χ1n) is 13.5. The summed E-state index contributed by atoms with van der Waals surface area (Å²) in [5, 5.41) is 0.424. The predicted molar refractivity (Wildman–Crippen MR) is 150 cm³/mol. The van der Waals surface area contributed by atoms with E-state index < -0.39 is 18.0 Å². The van der Waals surface area contributed by atoms with Crippen LogP contribution in [0.3, 0.4) is 0 Å². The van der Waals surface area contributed by atoms with Crippen LogP contribution >= 0.6 is 11.6 Å². The van der Waals surface area contributed by atoms with E-state index in [4.69, 9.17) is 16.3 Å². The number of halogens is 4. The first kappa shape index (κ1) is 30.0. The highest BCUT2D eigenvalue weighted by Crippen LogP contribution is 2.66. The van der Waals surface area contributed by atoms with Gasteiger partial charge in [0.1, 0.15) is 5.75 Å². The molecule has 218 valence electrons. The molecule has 0 bridgehead atoms. The highest BCUT2D eigenvalue weighted by Gasteiger charge is 2.61. The van der Waals surface area contributed by atoms with Crippen LogP contribution in [0.1, 0.15) is 48.0 Å². The average molecular weight is 580 g/mol. The summed E-state index contributed by atoms with van der Waals surface area (Å²) in [6, 6.07) is 11.1. The molecule has 2 fully saturated rings. The van der Waals surface area contributed by atoms with E-state index in [-0.39, 0.29) is 29.2 Å². The third-order valence-electron chi connectivity index (χ3n) is 8.94. The molecule has 10 heteroatoms. The number of methoxy groups -OCH3 is 1. The summed E-state index contributed by atoms with van der Waals surface area (Å²) in [7, 11) is 6.21. The molecule has 6 nitrogen and oxygen atoms in total. The molecule has 40 heavy (non-hydrogen) atoms. The van der Waals surface area contributed by atoms with Gasteiger partial charge in [0.15, 0.2) is 5.92 Å². The van der Waals surface area contributed by atoms with Gasteiger partial charge in [-0.15, -0.1) is 0 Å². The van der Waals surface area contributed by atoms with Gasteiger partial charge in [-0.3, -0.25) is 9.59 Å². The molecule has 1 saturated heterocycles. The van der Waals surface area contributed by atoms with Crippen molar-refractivity contribution in [2.45, 2.75) is 38.3 Å². The van der Waals surface area contributed by atoms with Crippen LogP contribution in [0.2, 0.25) is 5.02 Å². The number of carbonyl (C=O) groups is 2.